The minimum Gasteiger partial charge on any atom is -0.469 e. The number of piperidine rings is 1. The van der Waals surface area contributed by atoms with Crippen molar-refractivity contribution in [3.8, 4) is 0 Å². The van der Waals surface area contributed by atoms with Gasteiger partial charge in [0.25, 0.3) is 0 Å². The molecule has 0 spiro atoms. The zero-order chi connectivity index (χ0) is 12.3. The second kappa shape index (κ2) is 5.49. The molecule has 2 rings (SSSR count). The molecule has 5 nitrogen and oxygen atoms in total. The van der Waals surface area contributed by atoms with Gasteiger partial charge in [-0.15, -0.1) is 0 Å². The number of carbonyl (C=O) groups excluding carboxylic acids is 2. The summed E-state index contributed by atoms with van der Waals surface area (Å²) < 4.78 is 9.95. The van der Waals surface area contributed by atoms with E-state index in [4.69, 9.17) is 9.47 Å². The first-order valence-corrected chi connectivity index (χ1v) is 6.16. The second-order valence-electron chi connectivity index (χ2n) is 4.68. The van der Waals surface area contributed by atoms with Crippen molar-refractivity contribution in [2.24, 2.45) is 11.8 Å². The average molecular weight is 241 g/mol. The summed E-state index contributed by atoms with van der Waals surface area (Å²) >= 11 is 0. The highest BCUT2D eigenvalue weighted by atomic mass is 16.5. The Bertz CT molecular complexity index is 291. The van der Waals surface area contributed by atoms with Crippen LogP contribution < -0.4 is 0 Å². The van der Waals surface area contributed by atoms with Gasteiger partial charge in [0.05, 0.1) is 25.6 Å². The van der Waals surface area contributed by atoms with Crippen LogP contribution in [0.3, 0.4) is 0 Å². The quantitative estimate of drug-likeness (QED) is 0.658. The third-order valence-corrected chi connectivity index (χ3v) is 3.62. The van der Waals surface area contributed by atoms with Crippen molar-refractivity contribution < 1.29 is 19.1 Å². The summed E-state index contributed by atoms with van der Waals surface area (Å²) in [6.45, 7) is 2.56. The van der Waals surface area contributed by atoms with E-state index in [0.717, 1.165) is 6.42 Å². The molecule has 5 heteroatoms. The first kappa shape index (κ1) is 12.4. The lowest BCUT2D eigenvalue weighted by Crippen LogP contribution is -2.43. The number of likely N-dealkylation sites (tertiary alicyclic amines) is 1. The van der Waals surface area contributed by atoms with Crippen molar-refractivity contribution in [3.63, 3.8) is 0 Å². The standard InChI is InChI=1S/C12H19NO4/c1-16-12(15)9-2-5-13(6-3-9)11(14)10-4-7-17-8-10/h9-10H,2-8H2,1H3. The van der Waals surface area contributed by atoms with E-state index in [2.05, 4.69) is 0 Å². The average Bonchev–Trinajstić information content (AvgIpc) is 2.91. The fourth-order valence-electron chi connectivity index (χ4n) is 2.49. The lowest BCUT2D eigenvalue weighted by molar-refractivity contribution is -0.149. The van der Waals surface area contributed by atoms with E-state index < -0.39 is 0 Å². The summed E-state index contributed by atoms with van der Waals surface area (Å²) in [5.74, 6) is 0.0284. The molecule has 0 aromatic heterocycles. The summed E-state index contributed by atoms with van der Waals surface area (Å²) in [5, 5.41) is 0. The fourth-order valence-corrected chi connectivity index (χ4v) is 2.49. The van der Waals surface area contributed by atoms with Crippen LogP contribution in [-0.4, -0.2) is 50.2 Å². The fraction of sp³-hybridized carbons (Fsp3) is 0.833. The molecule has 17 heavy (non-hydrogen) atoms. The molecule has 1 amide bonds. The molecule has 96 valence electrons. The molecule has 0 N–H and O–H groups in total. The van der Waals surface area contributed by atoms with Crippen LogP contribution in [0.2, 0.25) is 0 Å². The van der Waals surface area contributed by atoms with Gasteiger partial charge in [-0.05, 0) is 19.3 Å². The van der Waals surface area contributed by atoms with Gasteiger partial charge in [-0.1, -0.05) is 0 Å². The Kier molecular flexibility index (Phi) is 3.99. The number of methoxy groups -OCH3 is 1. The zero-order valence-electron chi connectivity index (χ0n) is 10.2. The van der Waals surface area contributed by atoms with E-state index in [9.17, 15) is 9.59 Å². The summed E-state index contributed by atoms with van der Waals surface area (Å²) in [5.41, 5.74) is 0. The van der Waals surface area contributed by atoms with Gasteiger partial charge in [-0.25, -0.2) is 0 Å². The van der Waals surface area contributed by atoms with Crippen molar-refractivity contribution >= 4 is 11.9 Å². The molecule has 0 aliphatic carbocycles. The molecule has 2 aliphatic heterocycles. The third-order valence-electron chi connectivity index (χ3n) is 3.62. The van der Waals surface area contributed by atoms with Crippen LogP contribution >= 0.6 is 0 Å². The van der Waals surface area contributed by atoms with E-state index in [1.54, 1.807) is 0 Å². The first-order valence-electron chi connectivity index (χ1n) is 6.16. The minimum atomic E-state index is -0.152. The molecule has 0 aromatic carbocycles. The number of esters is 1. The monoisotopic (exact) mass is 241 g/mol. The van der Waals surface area contributed by atoms with Crippen molar-refractivity contribution in [2.75, 3.05) is 33.4 Å². The second-order valence-corrected chi connectivity index (χ2v) is 4.68. The normalized spacial score (nSPS) is 25.9. The van der Waals surface area contributed by atoms with E-state index in [-0.39, 0.29) is 23.7 Å². The Labute approximate surface area is 101 Å². The van der Waals surface area contributed by atoms with Crippen molar-refractivity contribution in [3.05, 3.63) is 0 Å². The Balaban J connectivity index is 1.82. The number of amides is 1. The number of rotatable bonds is 2. The molecule has 2 fully saturated rings. The molecule has 0 saturated carbocycles. The molecule has 0 bridgehead atoms. The number of ether oxygens (including phenoxy) is 2. The van der Waals surface area contributed by atoms with Crippen LogP contribution in [0.5, 0.6) is 0 Å². The largest absolute Gasteiger partial charge is 0.469 e. The summed E-state index contributed by atoms with van der Waals surface area (Å²) in [7, 11) is 1.41. The van der Waals surface area contributed by atoms with Gasteiger partial charge in [-0.3, -0.25) is 9.59 Å². The molecular weight excluding hydrogens is 222 g/mol. The van der Waals surface area contributed by atoms with Gasteiger partial charge in [0, 0.05) is 19.7 Å². The van der Waals surface area contributed by atoms with E-state index in [0.29, 0.717) is 39.1 Å². The maximum atomic E-state index is 12.1. The maximum Gasteiger partial charge on any atom is 0.308 e. The van der Waals surface area contributed by atoms with Crippen molar-refractivity contribution in [1.29, 1.82) is 0 Å². The van der Waals surface area contributed by atoms with Gasteiger partial charge in [0.15, 0.2) is 0 Å². The van der Waals surface area contributed by atoms with Crippen molar-refractivity contribution in [2.45, 2.75) is 19.3 Å². The molecular formula is C12H19NO4. The van der Waals surface area contributed by atoms with E-state index in [1.807, 2.05) is 4.90 Å². The van der Waals surface area contributed by atoms with Crippen LogP contribution in [-0.2, 0) is 19.1 Å². The Morgan fingerprint density at radius 1 is 1.18 bits per heavy atom. The van der Waals surface area contributed by atoms with Gasteiger partial charge < -0.3 is 14.4 Å². The molecule has 1 atom stereocenters. The minimum absolute atomic E-state index is 0.0321. The SMILES string of the molecule is COC(=O)C1CCN(C(=O)C2CCOC2)CC1. The first-order chi connectivity index (χ1) is 8.22. The summed E-state index contributed by atoms with van der Waals surface area (Å²) in [6.07, 6.45) is 2.26. The highest BCUT2D eigenvalue weighted by Crippen LogP contribution is 2.22. The number of nitrogens with zero attached hydrogens (tertiary/aromatic N) is 1. The predicted octanol–water partition coefficient (Wildman–Crippen LogP) is 0.434. The number of carbonyl (C=O) groups is 2. The smallest absolute Gasteiger partial charge is 0.308 e. The number of hydrogen-bond acceptors (Lipinski definition) is 4. The van der Waals surface area contributed by atoms with Gasteiger partial charge in [0.2, 0.25) is 5.91 Å². The molecule has 1 unspecified atom stereocenters. The van der Waals surface area contributed by atoms with E-state index >= 15 is 0 Å². The lowest BCUT2D eigenvalue weighted by Gasteiger charge is -2.32. The van der Waals surface area contributed by atoms with Crippen LogP contribution in [0.25, 0.3) is 0 Å². The van der Waals surface area contributed by atoms with Crippen molar-refractivity contribution in [1.82, 2.24) is 4.90 Å². The molecule has 2 saturated heterocycles. The van der Waals surface area contributed by atoms with Gasteiger partial charge >= 0.3 is 5.97 Å². The highest BCUT2D eigenvalue weighted by Gasteiger charge is 2.32. The van der Waals surface area contributed by atoms with Gasteiger partial charge in [-0.2, -0.15) is 0 Å². The van der Waals surface area contributed by atoms with Gasteiger partial charge in [0.1, 0.15) is 0 Å². The van der Waals surface area contributed by atoms with Crippen LogP contribution in [0, 0.1) is 11.8 Å². The third kappa shape index (κ3) is 2.77. The predicted molar refractivity (Wildman–Crippen MR) is 60.2 cm³/mol. The Morgan fingerprint density at radius 2 is 1.88 bits per heavy atom. The summed E-state index contributed by atoms with van der Waals surface area (Å²) in [4.78, 5) is 25.3. The Morgan fingerprint density at radius 3 is 2.41 bits per heavy atom. The molecule has 0 radical (unpaired) electrons. The van der Waals surface area contributed by atoms with Crippen LogP contribution in [0.4, 0.5) is 0 Å². The molecule has 0 aromatic rings. The lowest BCUT2D eigenvalue weighted by atomic mass is 9.95. The Hall–Kier alpha value is -1.10. The van der Waals surface area contributed by atoms with Crippen LogP contribution in [0.1, 0.15) is 19.3 Å². The topological polar surface area (TPSA) is 55.8 Å². The van der Waals surface area contributed by atoms with Crippen LogP contribution in [0.15, 0.2) is 0 Å². The number of hydrogen-bond donors (Lipinski definition) is 0. The zero-order valence-corrected chi connectivity index (χ0v) is 10.2. The molecule has 2 heterocycles. The summed E-state index contributed by atoms with van der Waals surface area (Å²) in [6, 6.07) is 0. The van der Waals surface area contributed by atoms with E-state index in [1.165, 1.54) is 7.11 Å². The molecule has 2 aliphatic rings. The highest BCUT2D eigenvalue weighted by molar-refractivity contribution is 5.80. The maximum absolute atomic E-state index is 12.1.